The van der Waals surface area contributed by atoms with Gasteiger partial charge in [0.2, 0.25) is 11.8 Å². The molecule has 0 aliphatic heterocycles. The average molecular weight is 259 g/mol. The van der Waals surface area contributed by atoms with Crippen molar-refractivity contribution in [3.63, 3.8) is 0 Å². The Morgan fingerprint density at radius 2 is 2.43 bits per heavy atom. The summed E-state index contributed by atoms with van der Waals surface area (Å²) in [7, 11) is 1.57. The van der Waals surface area contributed by atoms with Crippen LogP contribution >= 0.6 is 15.9 Å². The van der Waals surface area contributed by atoms with E-state index in [1.165, 1.54) is 0 Å². The van der Waals surface area contributed by atoms with Gasteiger partial charge in [0.05, 0.1) is 17.8 Å². The molecule has 76 valence electrons. The number of hydrogen-bond donors (Lipinski definition) is 2. The van der Waals surface area contributed by atoms with Gasteiger partial charge in [-0.2, -0.15) is 4.98 Å². The van der Waals surface area contributed by atoms with Crippen LogP contribution in [-0.2, 0) is 0 Å². The molecule has 1 aliphatic rings. The molecule has 0 bridgehead atoms. The Balaban J connectivity index is 2.10. The second kappa shape index (κ2) is 3.70. The van der Waals surface area contributed by atoms with Gasteiger partial charge in [-0.15, -0.1) is 0 Å². The summed E-state index contributed by atoms with van der Waals surface area (Å²) in [5, 5.41) is 3.12. The molecule has 1 saturated carbocycles. The van der Waals surface area contributed by atoms with Gasteiger partial charge in [-0.25, -0.2) is 4.98 Å². The number of nitrogens with one attached hydrogen (secondary N) is 1. The molecule has 0 amide bonds. The van der Waals surface area contributed by atoms with Crippen LogP contribution in [0.1, 0.15) is 6.42 Å². The molecule has 1 aromatic heterocycles. The molecule has 0 spiro atoms. The van der Waals surface area contributed by atoms with Crippen molar-refractivity contribution in [1.29, 1.82) is 0 Å². The Morgan fingerprint density at radius 3 is 3.00 bits per heavy atom. The number of rotatable bonds is 3. The van der Waals surface area contributed by atoms with E-state index in [9.17, 15) is 0 Å². The highest BCUT2D eigenvalue weighted by atomic mass is 79.9. The number of methoxy groups -OCH3 is 1. The lowest BCUT2D eigenvalue weighted by atomic mass is 10.6. The van der Waals surface area contributed by atoms with Crippen molar-refractivity contribution < 1.29 is 4.74 Å². The van der Waals surface area contributed by atoms with Crippen molar-refractivity contribution in [2.45, 2.75) is 18.5 Å². The summed E-state index contributed by atoms with van der Waals surface area (Å²) in [6.45, 7) is 0. The first-order chi connectivity index (χ1) is 6.70. The number of aromatic nitrogens is 2. The van der Waals surface area contributed by atoms with Gasteiger partial charge in [-0.3, -0.25) is 0 Å². The molecule has 3 N–H and O–H groups in total. The van der Waals surface area contributed by atoms with Crippen molar-refractivity contribution in [2.24, 2.45) is 5.73 Å². The third-order valence-corrected chi connectivity index (χ3v) is 2.60. The highest BCUT2D eigenvalue weighted by Crippen LogP contribution is 2.25. The van der Waals surface area contributed by atoms with E-state index in [1.807, 2.05) is 0 Å². The van der Waals surface area contributed by atoms with Gasteiger partial charge in [0.25, 0.3) is 0 Å². The van der Waals surface area contributed by atoms with Crippen LogP contribution in [0.15, 0.2) is 10.7 Å². The molecule has 1 aliphatic carbocycles. The standard InChI is InChI=1S/C8H11BrN4O/c1-14-7-4(9)3-11-8(13-7)12-6-2-5(6)10/h3,5-6H,2,10H2,1H3,(H,11,12,13). The Kier molecular flexibility index (Phi) is 2.56. The topological polar surface area (TPSA) is 73.1 Å². The highest BCUT2D eigenvalue weighted by Gasteiger charge is 2.34. The van der Waals surface area contributed by atoms with Crippen LogP contribution in [0, 0.1) is 0 Å². The van der Waals surface area contributed by atoms with Crippen LogP contribution in [0.4, 0.5) is 5.95 Å². The van der Waals surface area contributed by atoms with Gasteiger partial charge in [0, 0.05) is 12.1 Å². The minimum absolute atomic E-state index is 0.230. The smallest absolute Gasteiger partial charge is 0.232 e. The van der Waals surface area contributed by atoms with Gasteiger partial charge < -0.3 is 15.8 Å². The third-order valence-electron chi connectivity index (χ3n) is 2.06. The van der Waals surface area contributed by atoms with Crippen LogP contribution in [0.2, 0.25) is 0 Å². The Bertz CT molecular complexity index is 346. The zero-order valence-corrected chi connectivity index (χ0v) is 9.28. The zero-order chi connectivity index (χ0) is 10.1. The molecule has 1 heterocycles. The quantitative estimate of drug-likeness (QED) is 0.838. The molecule has 1 fully saturated rings. The largest absolute Gasteiger partial charge is 0.480 e. The maximum absolute atomic E-state index is 5.66. The van der Waals surface area contributed by atoms with Gasteiger partial charge in [-0.05, 0) is 22.4 Å². The van der Waals surface area contributed by atoms with E-state index in [2.05, 4.69) is 31.2 Å². The fourth-order valence-electron chi connectivity index (χ4n) is 1.11. The number of halogens is 1. The van der Waals surface area contributed by atoms with Crippen LogP contribution in [0.3, 0.4) is 0 Å². The summed E-state index contributed by atoms with van der Waals surface area (Å²) in [6, 6.07) is 0.536. The summed E-state index contributed by atoms with van der Waals surface area (Å²) < 4.78 is 5.79. The van der Waals surface area contributed by atoms with Crippen LogP contribution in [-0.4, -0.2) is 29.2 Å². The number of nitrogens with two attached hydrogens (primary N) is 1. The molecule has 2 unspecified atom stereocenters. The second-order valence-corrected chi connectivity index (χ2v) is 4.06. The third kappa shape index (κ3) is 1.96. The van der Waals surface area contributed by atoms with Gasteiger partial charge in [-0.1, -0.05) is 0 Å². The Labute approximate surface area is 90.2 Å². The minimum Gasteiger partial charge on any atom is -0.480 e. The molecule has 0 aromatic carbocycles. The summed E-state index contributed by atoms with van der Waals surface area (Å²) in [6.07, 6.45) is 2.63. The lowest BCUT2D eigenvalue weighted by Crippen LogP contribution is -2.15. The predicted octanol–water partition coefficient (Wildman–Crippen LogP) is 0.759. The maximum atomic E-state index is 5.66. The van der Waals surface area contributed by atoms with E-state index in [-0.39, 0.29) is 6.04 Å². The van der Waals surface area contributed by atoms with Crippen molar-refractivity contribution in [3.8, 4) is 5.88 Å². The summed E-state index contributed by atoms with van der Waals surface area (Å²) in [5.74, 6) is 1.08. The molecular formula is C8H11BrN4O. The average Bonchev–Trinajstić information content (AvgIpc) is 2.85. The predicted molar refractivity (Wildman–Crippen MR) is 56.3 cm³/mol. The monoisotopic (exact) mass is 258 g/mol. The van der Waals surface area contributed by atoms with Gasteiger partial charge in [0.15, 0.2) is 0 Å². The fourth-order valence-corrected chi connectivity index (χ4v) is 1.46. The number of hydrogen-bond acceptors (Lipinski definition) is 5. The van der Waals surface area contributed by atoms with Crippen molar-refractivity contribution in [2.75, 3.05) is 12.4 Å². The Hall–Kier alpha value is -0.880. The molecule has 2 atom stereocenters. The number of ether oxygens (including phenoxy) is 1. The normalized spacial score (nSPS) is 24.5. The van der Waals surface area contributed by atoms with Gasteiger partial charge >= 0.3 is 0 Å². The first kappa shape index (κ1) is 9.67. The van der Waals surface area contributed by atoms with E-state index >= 15 is 0 Å². The molecule has 6 heteroatoms. The van der Waals surface area contributed by atoms with Gasteiger partial charge in [0.1, 0.15) is 0 Å². The highest BCUT2D eigenvalue weighted by molar-refractivity contribution is 9.10. The molecule has 5 nitrogen and oxygen atoms in total. The van der Waals surface area contributed by atoms with E-state index in [4.69, 9.17) is 10.5 Å². The first-order valence-electron chi connectivity index (χ1n) is 4.29. The number of anilines is 1. The lowest BCUT2D eigenvalue weighted by molar-refractivity contribution is 0.394. The number of nitrogens with zero attached hydrogens (tertiary/aromatic N) is 2. The molecule has 14 heavy (non-hydrogen) atoms. The molecule has 2 rings (SSSR count). The molecule has 0 radical (unpaired) electrons. The van der Waals surface area contributed by atoms with Crippen LogP contribution in [0.5, 0.6) is 5.88 Å². The summed E-state index contributed by atoms with van der Waals surface area (Å²) in [5.41, 5.74) is 5.66. The molecular weight excluding hydrogens is 248 g/mol. The summed E-state index contributed by atoms with van der Waals surface area (Å²) >= 11 is 3.28. The van der Waals surface area contributed by atoms with Crippen LogP contribution in [0.25, 0.3) is 0 Å². The second-order valence-electron chi connectivity index (χ2n) is 3.20. The first-order valence-corrected chi connectivity index (χ1v) is 5.08. The maximum Gasteiger partial charge on any atom is 0.232 e. The van der Waals surface area contributed by atoms with Crippen molar-refractivity contribution in [1.82, 2.24) is 9.97 Å². The minimum atomic E-state index is 0.230. The van der Waals surface area contributed by atoms with E-state index in [1.54, 1.807) is 13.3 Å². The SMILES string of the molecule is COc1nc(NC2CC2N)ncc1Br. The van der Waals surface area contributed by atoms with E-state index in [0.717, 1.165) is 10.9 Å². The van der Waals surface area contributed by atoms with E-state index in [0.29, 0.717) is 17.9 Å². The van der Waals surface area contributed by atoms with Crippen LogP contribution < -0.4 is 15.8 Å². The summed E-state index contributed by atoms with van der Waals surface area (Å²) in [4.78, 5) is 8.26. The van der Waals surface area contributed by atoms with Crippen molar-refractivity contribution in [3.05, 3.63) is 10.7 Å². The van der Waals surface area contributed by atoms with Crippen molar-refractivity contribution >= 4 is 21.9 Å². The molecule has 0 saturated heterocycles. The lowest BCUT2D eigenvalue weighted by Gasteiger charge is -2.05. The molecule has 1 aromatic rings. The Morgan fingerprint density at radius 1 is 1.71 bits per heavy atom. The zero-order valence-electron chi connectivity index (χ0n) is 7.70. The van der Waals surface area contributed by atoms with E-state index < -0.39 is 0 Å². The fraction of sp³-hybridized carbons (Fsp3) is 0.500.